The molecule has 122 valence electrons. The second-order valence-electron chi connectivity index (χ2n) is 6.59. The van der Waals surface area contributed by atoms with E-state index in [4.69, 9.17) is 15.2 Å². The molecular formula is C17H26N2O3. The Labute approximate surface area is 132 Å². The minimum absolute atomic E-state index is 0.0952. The Morgan fingerprint density at radius 3 is 2.55 bits per heavy atom. The zero-order valence-corrected chi connectivity index (χ0v) is 14.1. The van der Waals surface area contributed by atoms with Crippen molar-refractivity contribution in [3.63, 3.8) is 0 Å². The second-order valence-corrected chi connectivity index (χ2v) is 6.59. The topological polar surface area (TPSA) is 64.8 Å². The third kappa shape index (κ3) is 3.04. The molecule has 1 fully saturated rings. The predicted molar refractivity (Wildman–Crippen MR) is 86.1 cm³/mol. The zero-order valence-electron chi connectivity index (χ0n) is 14.1. The lowest BCUT2D eigenvalue weighted by molar-refractivity contribution is -0.133. The number of hydrogen-bond donors (Lipinski definition) is 1. The van der Waals surface area contributed by atoms with E-state index in [0.29, 0.717) is 24.5 Å². The molecule has 1 aliphatic heterocycles. The second kappa shape index (κ2) is 6.16. The van der Waals surface area contributed by atoms with Crippen molar-refractivity contribution >= 4 is 5.91 Å². The van der Waals surface area contributed by atoms with E-state index in [1.165, 1.54) is 0 Å². The van der Waals surface area contributed by atoms with Gasteiger partial charge in [0, 0.05) is 18.0 Å². The van der Waals surface area contributed by atoms with Crippen LogP contribution in [0, 0.1) is 0 Å². The van der Waals surface area contributed by atoms with Crippen LogP contribution < -0.4 is 15.2 Å². The summed E-state index contributed by atoms with van der Waals surface area (Å²) in [6.45, 7) is 8.59. The van der Waals surface area contributed by atoms with Gasteiger partial charge in [0.1, 0.15) is 0 Å². The first-order valence-corrected chi connectivity index (χ1v) is 7.68. The summed E-state index contributed by atoms with van der Waals surface area (Å²) in [6.07, 6.45) is 0.372. The summed E-state index contributed by atoms with van der Waals surface area (Å²) in [4.78, 5) is 14.2. The number of carbonyl (C=O) groups is 1. The van der Waals surface area contributed by atoms with Crippen LogP contribution >= 0.6 is 0 Å². The van der Waals surface area contributed by atoms with E-state index in [9.17, 15) is 4.79 Å². The summed E-state index contributed by atoms with van der Waals surface area (Å²) in [5.41, 5.74) is 6.95. The van der Waals surface area contributed by atoms with Crippen molar-refractivity contribution in [1.82, 2.24) is 4.90 Å². The summed E-state index contributed by atoms with van der Waals surface area (Å²) < 4.78 is 11.0. The Kier molecular flexibility index (Phi) is 4.66. The first-order valence-electron chi connectivity index (χ1n) is 7.68. The summed E-state index contributed by atoms with van der Waals surface area (Å²) in [5, 5.41) is 0. The van der Waals surface area contributed by atoms with Crippen LogP contribution in [0.4, 0.5) is 0 Å². The predicted octanol–water partition coefficient (Wildman–Crippen LogP) is 2.49. The lowest BCUT2D eigenvalue weighted by atomic mass is 9.96. The van der Waals surface area contributed by atoms with Gasteiger partial charge in [0.05, 0.1) is 19.8 Å². The van der Waals surface area contributed by atoms with Gasteiger partial charge in [-0.15, -0.1) is 0 Å². The minimum atomic E-state index is -0.276. The molecule has 1 saturated heterocycles. The third-order valence-corrected chi connectivity index (χ3v) is 3.91. The van der Waals surface area contributed by atoms with E-state index in [-0.39, 0.29) is 23.5 Å². The SMILES string of the molecule is CCOc1ccc(C2C(N)CC(=O)N2C(C)(C)C)cc1OC. The summed E-state index contributed by atoms with van der Waals surface area (Å²) in [5.74, 6) is 1.46. The Balaban J connectivity index is 2.42. The normalized spacial score (nSPS) is 22.1. The molecule has 0 spiro atoms. The number of ether oxygens (including phenoxy) is 2. The summed E-state index contributed by atoms with van der Waals surface area (Å²) >= 11 is 0. The third-order valence-electron chi connectivity index (χ3n) is 3.91. The highest BCUT2D eigenvalue weighted by Crippen LogP contribution is 2.40. The fourth-order valence-corrected chi connectivity index (χ4v) is 3.09. The van der Waals surface area contributed by atoms with E-state index in [1.54, 1.807) is 7.11 Å². The molecule has 2 unspecified atom stereocenters. The van der Waals surface area contributed by atoms with Crippen LogP contribution in [0.2, 0.25) is 0 Å². The average molecular weight is 306 g/mol. The number of methoxy groups -OCH3 is 1. The van der Waals surface area contributed by atoms with E-state index >= 15 is 0 Å². The molecule has 1 amide bonds. The van der Waals surface area contributed by atoms with Crippen molar-refractivity contribution in [1.29, 1.82) is 0 Å². The molecule has 2 rings (SSSR count). The molecule has 1 heterocycles. The van der Waals surface area contributed by atoms with Crippen molar-refractivity contribution in [3.8, 4) is 11.5 Å². The highest BCUT2D eigenvalue weighted by atomic mass is 16.5. The van der Waals surface area contributed by atoms with Crippen LogP contribution in [0.1, 0.15) is 45.7 Å². The molecule has 0 bridgehead atoms. The van der Waals surface area contributed by atoms with Crippen LogP contribution in [0.25, 0.3) is 0 Å². The van der Waals surface area contributed by atoms with Gasteiger partial charge in [0.2, 0.25) is 5.91 Å². The Bertz CT molecular complexity index is 551. The van der Waals surface area contributed by atoms with Gasteiger partial charge in [-0.2, -0.15) is 0 Å². The molecular weight excluding hydrogens is 280 g/mol. The molecule has 1 aromatic rings. The van der Waals surface area contributed by atoms with Crippen molar-refractivity contribution < 1.29 is 14.3 Å². The first-order chi connectivity index (χ1) is 10.3. The molecule has 2 atom stereocenters. The van der Waals surface area contributed by atoms with E-state index < -0.39 is 0 Å². The van der Waals surface area contributed by atoms with Crippen LogP contribution in [-0.2, 0) is 4.79 Å². The number of likely N-dealkylation sites (tertiary alicyclic amines) is 1. The Hall–Kier alpha value is -1.75. The van der Waals surface area contributed by atoms with Gasteiger partial charge in [-0.1, -0.05) is 6.07 Å². The lowest BCUT2D eigenvalue weighted by Gasteiger charge is -2.38. The van der Waals surface area contributed by atoms with Crippen molar-refractivity contribution in [2.75, 3.05) is 13.7 Å². The van der Waals surface area contributed by atoms with Gasteiger partial charge in [0.25, 0.3) is 0 Å². The van der Waals surface area contributed by atoms with Gasteiger partial charge in [-0.3, -0.25) is 4.79 Å². The molecule has 5 heteroatoms. The maximum atomic E-state index is 12.3. The molecule has 2 N–H and O–H groups in total. The van der Waals surface area contributed by atoms with E-state index in [0.717, 1.165) is 5.56 Å². The van der Waals surface area contributed by atoms with E-state index in [1.807, 2.05) is 50.8 Å². The molecule has 1 aliphatic rings. The monoisotopic (exact) mass is 306 g/mol. The van der Waals surface area contributed by atoms with Gasteiger partial charge in [-0.25, -0.2) is 0 Å². The van der Waals surface area contributed by atoms with E-state index in [2.05, 4.69) is 0 Å². The minimum Gasteiger partial charge on any atom is -0.493 e. The van der Waals surface area contributed by atoms with Crippen LogP contribution in [-0.4, -0.2) is 36.1 Å². The molecule has 0 saturated carbocycles. The first kappa shape index (κ1) is 16.6. The molecule has 5 nitrogen and oxygen atoms in total. The molecule has 0 radical (unpaired) electrons. The highest BCUT2D eigenvalue weighted by Gasteiger charge is 2.44. The quantitative estimate of drug-likeness (QED) is 0.928. The van der Waals surface area contributed by atoms with Crippen LogP contribution in [0.5, 0.6) is 11.5 Å². The fraction of sp³-hybridized carbons (Fsp3) is 0.588. The molecule has 0 aliphatic carbocycles. The number of benzene rings is 1. The number of nitrogens with zero attached hydrogens (tertiary/aromatic N) is 1. The van der Waals surface area contributed by atoms with Gasteiger partial charge < -0.3 is 20.1 Å². The summed E-state index contributed by atoms with van der Waals surface area (Å²) in [6, 6.07) is 5.42. The number of rotatable bonds is 4. The summed E-state index contributed by atoms with van der Waals surface area (Å²) in [7, 11) is 1.61. The number of hydrogen-bond acceptors (Lipinski definition) is 4. The highest BCUT2D eigenvalue weighted by molar-refractivity contribution is 5.81. The number of nitrogens with two attached hydrogens (primary N) is 1. The maximum absolute atomic E-state index is 12.3. The average Bonchev–Trinajstić information content (AvgIpc) is 2.74. The molecule has 22 heavy (non-hydrogen) atoms. The van der Waals surface area contributed by atoms with Crippen molar-refractivity contribution in [3.05, 3.63) is 23.8 Å². The lowest BCUT2D eigenvalue weighted by Crippen LogP contribution is -2.45. The molecule has 1 aromatic carbocycles. The number of amides is 1. The smallest absolute Gasteiger partial charge is 0.225 e. The zero-order chi connectivity index (χ0) is 16.5. The molecule has 0 aromatic heterocycles. The Morgan fingerprint density at radius 1 is 1.32 bits per heavy atom. The van der Waals surface area contributed by atoms with Crippen molar-refractivity contribution in [2.45, 2.75) is 51.7 Å². The van der Waals surface area contributed by atoms with Crippen molar-refractivity contribution in [2.24, 2.45) is 5.73 Å². The van der Waals surface area contributed by atoms with Crippen LogP contribution in [0.3, 0.4) is 0 Å². The van der Waals surface area contributed by atoms with Gasteiger partial charge >= 0.3 is 0 Å². The van der Waals surface area contributed by atoms with Gasteiger partial charge in [0.15, 0.2) is 11.5 Å². The maximum Gasteiger partial charge on any atom is 0.225 e. The largest absolute Gasteiger partial charge is 0.493 e. The fourth-order valence-electron chi connectivity index (χ4n) is 3.09. The number of carbonyl (C=O) groups excluding carboxylic acids is 1. The standard InChI is InChI=1S/C17H26N2O3/c1-6-22-13-8-7-11(9-14(13)21-5)16-12(18)10-15(20)19(16)17(2,3)4/h7-9,12,16H,6,10,18H2,1-5H3. The van der Waals surface area contributed by atoms with Gasteiger partial charge in [-0.05, 0) is 45.4 Å². The van der Waals surface area contributed by atoms with Crippen LogP contribution in [0.15, 0.2) is 18.2 Å². The Morgan fingerprint density at radius 2 is 2.00 bits per heavy atom.